The van der Waals surface area contributed by atoms with E-state index in [9.17, 15) is 4.79 Å². The van der Waals surface area contributed by atoms with Crippen LogP contribution in [0.15, 0.2) is 48.5 Å². The number of benzene rings is 2. The van der Waals surface area contributed by atoms with Gasteiger partial charge in [-0.2, -0.15) is 0 Å². The highest BCUT2D eigenvalue weighted by atomic mass is 35.5. The average molecular weight is 337 g/mol. The maximum absolute atomic E-state index is 12.3. The van der Waals surface area contributed by atoms with Crippen LogP contribution in [0.1, 0.15) is 12.5 Å². The molecule has 116 valence electrons. The summed E-state index contributed by atoms with van der Waals surface area (Å²) in [7, 11) is 1.90. The summed E-state index contributed by atoms with van der Waals surface area (Å²) in [5.74, 6) is -0.0474. The number of likely N-dealkylation sites (N-methyl/N-ethyl adjacent to an activating group) is 1. The SMILES string of the molecule is C[C@@H](C(=O)Nc1ccccc1)N(C)Cc1ccc(Cl)c(Cl)c1. The van der Waals surface area contributed by atoms with E-state index in [4.69, 9.17) is 23.2 Å². The second-order valence-corrected chi connectivity index (χ2v) is 6.01. The Morgan fingerprint density at radius 1 is 1.14 bits per heavy atom. The molecule has 0 radical (unpaired) electrons. The third-order valence-corrected chi connectivity index (χ3v) is 4.24. The molecule has 22 heavy (non-hydrogen) atoms. The number of carbonyl (C=O) groups is 1. The Hall–Kier alpha value is -1.55. The van der Waals surface area contributed by atoms with Crippen molar-refractivity contribution in [1.82, 2.24) is 4.90 Å². The highest BCUT2D eigenvalue weighted by molar-refractivity contribution is 6.42. The molecule has 0 fully saturated rings. The summed E-state index contributed by atoms with van der Waals surface area (Å²) in [5, 5.41) is 3.95. The van der Waals surface area contributed by atoms with Crippen LogP contribution in [0.4, 0.5) is 5.69 Å². The van der Waals surface area contributed by atoms with Crippen LogP contribution in [0.2, 0.25) is 10.0 Å². The lowest BCUT2D eigenvalue weighted by Gasteiger charge is -2.24. The van der Waals surface area contributed by atoms with Crippen LogP contribution in [0.3, 0.4) is 0 Å². The quantitative estimate of drug-likeness (QED) is 0.874. The smallest absolute Gasteiger partial charge is 0.241 e. The molecule has 0 spiro atoms. The second kappa shape index (κ2) is 7.63. The fourth-order valence-electron chi connectivity index (χ4n) is 2.03. The summed E-state index contributed by atoms with van der Waals surface area (Å²) in [6.07, 6.45) is 0. The number of hydrogen-bond donors (Lipinski definition) is 1. The Labute approximate surface area is 140 Å². The predicted octanol–water partition coefficient (Wildman–Crippen LogP) is 4.45. The van der Waals surface area contributed by atoms with Gasteiger partial charge in [-0.1, -0.05) is 47.5 Å². The molecule has 0 aromatic heterocycles. The summed E-state index contributed by atoms with van der Waals surface area (Å²) in [4.78, 5) is 14.2. The van der Waals surface area contributed by atoms with Gasteiger partial charge in [0.1, 0.15) is 0 Å². The number of anilines is 1. The number of para-hydroxylation sites is 1. The number of carbonyl (C=O) groups excluding carboxylic acids is 1. The molecule has 1 amide bonds. The van der Waals surface area contributed by atoms with Gasteiger partial charge in [0.05, 0.1) is 16.1 Å². The standard InChI is InChI=1S/C17H18Cl2N2O/c1-12(17(22)20-14-6-4-3-5-7-14)21(2)11-13-8-9-15(18)16(19)10-13/h3-10,12H,11H2,1-2H3,(H,20,22)/t12-/m0/s1. The summed E-state index contributed by atoms with van der Waals surface area (Å²) in [6, 6.07) is 14.6. The van der Waals surface area contributed by atoms with Crippen LogP contribution in [-0.4, -0.2) is 23.9 Å². The van der Waals surface area contributed by atoms with Gasteiger partial charge in [0.2, 0.25) is 5.91 Å². The first-order valence-corrected chi connectivity index (χ1v) is 7.73. The lowest BCUT2D eigenvalue weighted by Crippen LogP contribution is -2.39. The third kappa shape index (κ3) is 4.47. The van der Waals surface area contributed by atoms with Crippen LogP contribution in [0.25, 0.3) is 0 Å². The van der Waals surface area contributed by atoms with Crippen molar-refractivity contribution in [3.8, 4) is 0 Å². The molecule has 2 rings (SSSR count). The molecule has 0 saturated carbocycles. The molecule has 5 heteroatoms. The van der Waals surface area contributed by atoms with Gasteiger partial charge in [0, 0.05) is 12.2 Å². The van der Waals surface area contributed by atoms with Crippen molar-refractivity contribution >= 4 is 34.8 Å². The number of hydrogen-bond acceptors (Lipinski definition) is 2. The van der Waals surface area contributed by atoms with Crippen LogP contribution in [0.5, 0.6) is 0 Å². The first-order chi connectivity index (χ1) is 10.5. The molecule has 2 aromatic carbocycles. The van der Waals surface area contributed by atoms with E-state index in [0.717, 1.165) is 11.3 Å². The van der Waals surface area contributed by atoms with Crippen LogP contribution in [-0.2, 0) is 11.3 Å². The Kier molecular flexibility index (Phi) is 5.83. The van der Waals surface area contributed by atoms with Crippen LogP contribution < -0.4 is 5.32 Å². The zero-order valence-corrected chi connectivity index (χ0v) is 14.0. The maximum atomic E-state index is 12.3. The molecule has 1 atom stereocenters. The molecule has 1 N–H and O–H groups in total. The van der Waals surface area contributed by atoms with Gasteiger partial charge < -0.3 is 5.32 Å². The minimum absolute atomic E-state index is 0.0474. The van der Waals surface area contributed by atoms with Gasteiger partial charge in [0.25, 0.3) is 0 Å². The Morgan fingerprint density at radius 2 is 1.82 bits per heavy atom. The van der Waals surface area contributed by atoms with Gasteiger partial charge in [-0.15, -0.1) is 0 Å². The molecule has 3 nitrogen and oxygen atoms in total. The van der Waals surface area contributed by atoms with E-state index in [0.29, 0.717) is 16.6 Å². The average Bonchev–Trinajstić information content (AvgIpc) is 2.51. The minimum atomic E-state index is -0.269. The highest BCUT2D eigenvalue weighted by Crippen LogP contribution is 2.23. The summed E-state index contributed by atoms with van der Waals surface area (Å²) in [6.45, 7) is 2.48. The fourth-order valence-corrected chi connectivity index (χ4v) is 2.35. The van der Waals surface area contributed by atoms with E-state index in [1.807, 2.05) is 61.3 Å². The molecule has 0 aliphatic carbocycles. The first kappa shape index (κ1) is 16.8. The number of rotatable bonds is 5. The van der Waals surface area contributed by atoms with Crippen molar-refractivity contribution in [3.63, 3.8) is 0 Å². The molecule has 2 aromatic rings. The van der Waals surface area contributed by atoms with Crippen molar-refractivity contribution in [1.29, 1.82) is 0 Å². The lowest BCUT2D eigenvalue weighted by molar-refractivity contribution is -0.120. The zero-order valence-electron chi connectivity index (χ0n) is 12.5. The van der Waals surface area contributed by atoms with Crippen molar-refractivity contribution in [2.45, 2.75) is 19.5 Å². The molecular formula is C17H18Cl2N2O. The first-order valence-electron chi connectivity index (χ1n) is 6.97. The number of nitrogens with zero attached hydrogens (tertiary/aromatic N) is 1. The van der Waals surface area contributed by atoms with E-state index in [2.05, 4.69) is 5.32 Å². The fraction of sp³-hybridized carbons (Fsp3) is 0.235. The topological polar surface area (TPSA) is 32.3 Å². The molecule has 0 aliphatic rings. The van der Waals surface area contributed by atoms with E-state index in [1.165, 1.54) is 0 Å². The van der Waals surface area contributed by atoms with E-state index in [1.54, 1.807) is 6.07 Å². The lowest BCUT2D eigenvalue weighted by atomic mass is 10.2. The maximum Gasteiger partial charge on any atom is 0.241 e. The van der Waals surface area contributed by atoms with E-state index >= 15 is 0 Å². The Balaban J connectivity index is 1.97. The highest BCUT2D eigenvalue weighted by Gasteiger charge is 2.18. The molecule has 0 heterocycles. The number of halogens is 2. The minimum Gasteiger partial charge on any atom is -0.325 e. The van der Waals surface area contributed by atoms with E-state index in [-0.39, 0.29) is 11.9 Å². The molecule has 0 aliphatic heterocycles. The second-order valence-electron chi connectivity index (χ2n) is 5.19. The summed E-state index contributed by atoms with van der Waals surface area (Å²) in [5.41, 5.74) is 1.80. The Morgan fingerprint density at radius 3 is 2.45 bits per heavy atom. The van der Waals surface area contributed by atoms with Crippen molar-refractivity contribution in [2.75, 3.05) is 12.4 Å². The molecule has 0 saturated heterocycles. The molecule has 0 unspecified atom stereocenters. The Bertz CT molecular complexity index is 646. The van der Waals surface area contributed by atoms with Gasteiger partial charge in [-0.05, 0) is 43.8 Å². The third-order valence-electron chi connectivity index (χ3n) is 3.50. The van der Waals surface area contributed by atoms with Crippen molar-refractivity contribution in [2.24, 2.45) is 0 Å². The van der Waals surface area contributed by atoms with Crippen molar-refractivity contribution < 1.29 is 4.79 Å². The van der Waals surface area contributed by atoms with Crippen LogP contribution in [0, 0.1) is 0 Å². The number of nitrogens with one attached hydrogen (secondary N) is 1. The van der Waals surface area contributed by atoms with Crippen molar-refractivity contribution in [3.05, 3.63) is 64.1 Å². The summed E-state index contributed by atoms with van der Waals surface area (Å²) >= 11 is 11.9. The van der Waals surface area contributed by atoms with Gasteiger partial charge >= 0.3 is 0 Å². The molecular weight excluding hydrogens is 319 g/mol. The molecule has 0 bridgehead atoms. The van der Waals surface area contributed by atoms with Gasteiger partial charge in [0.15, 0.2) is 0 Å². The zero-order chi connectivity index (χ0) is 16.1. The predicted molar refractivity (Wildman–Crippen MR) is 92.5 cm³/mol. The van der Waals surface area contributed by atoms with E-state index < -0.39 is 0 Å². The van der Waals surface area contributed by atoms with Gasteiger partial charge in [-0.25, -0.2) is 0 Å². The van der Waals surface area contributed by atoms with Crippen LogP contribution >= 0.6 is 23.2 Å². The monoisotopic (exact) mass is 336 g/mol. The summed E-state index contributed by atoms with van der Waals surface area (Å²) < 4.78 is 0. The normalized spacial score (nSPS) is 12.2. The van der Waals surface area contributed by atoms with Gasteiger partial charge in [-0.3, -0.25) is 9.69 Å². The number of amides is 1. The largest absolute Gasteiger partial charge is 0.325 e.